The maximum atomic E-state index is 12.0. The Hall–Kier alpha value is -3.12. The molecule has 0 spiro atoms. The summed E-state index contributed by atoms with van der Waals surface area (Å²) < 4.78 is 11.0. The van der Waals surface area contributed by atoms with Crippen molar-refractivity contribution in [1.29, 1.82) is 0 Å². The quantitative estimate of drug-likeness (QED) is 0.197. The topological polar surface area (TPSA) is 93.1 Å². The van der Waals surface area contributed by atoms with Crippen LogP contribution < -0.4 is 4.74 Å². The summed E-state index contributed by atoms with van der Waals surface area (Å²) in [5, 5.41) is 19.9. The summed E-state index contributed by atoms with van der Waals surface area (Å²) in [7, 11) is 1.32. The fraction of sp³-hybridized carbons (Fsp3) is 0.448. The minimum absolute atomic E-state index is 0.00592. The van der Waals surface area contributed by atoms with Gasteiger partial charge in [0.25, 0.3) is 0 Å². The number of aliphatic hydroxyl groups is 1. The standard InChI is InChI=1S/C29H40O6/c1-8-29(6,35-26-15-14-24(30)18-23(26)19-27(32)34-7)16-10-12-21(4)11-9-13-22(5)28(33)25(31)17-20(2)3/h8,12-15,17-18,28,30,33H,1,9-11,16,19H2,2-7H3/b21-12+,22-13-/t28-,29?/m0/s1. The van der Waals surface area contributed by atoms with Crippen molar-refractivity contribution in [3.8, 4) is 11.5 Å². The van der Waals surface area contributed by atoms with Crippen molar-refractivity contribution in [3.63, 3.8) is 0 Å². The first-order chi connectivity index (χ1) is 16.4. The highest BCUT2D eigenvalue weighted by atomic mass is 16.5. The first-order valence-electron chi connectivity index (χ1n) is 11.8. The molecule has 2 N–H and O–H groups in total. The number of rotatable bonds is 14. The molecule has 1 aromatic rings. The Balaban J connectivity index is 2.73. The molecule has 0 fully saturated rings. The predicted molar refractivity (Wildman–Crippen MR) is 139 cm³/mol. The van der Waals surface area contributed by atoms with Crippen molar-refractivity contribution in [3.05, 3.63) is 71.4 Å². The van der Waals surface area contributed by atoms with Gasteiger partial charge in [0.05, 0.1) is 13.5 Å². The SMILES string of the molecule is C=CC(C)(CC/C=C(\C)CC/C=C(/C)[C@H](O)C(=O)C=C(C)C)Oc1ccc(O)cc1CC(=O)OC. The normalized spacial score (nSPS) is 14.5. The van der Waals surface area contributed by atoms with Crippen LogP contribution in [0.4, 0.5) is 0 Å². The molecule has 0 saturated heterocycles. The number of hydrogen-bond acceptors (Lipinski definition) is 6. The number of aromatic hydroxyl groups is 1. The van der Waals surface area contributed by atoms with Gasteiger partial charge in [-0.3, -0.25) is 9.59 Å². The van der Waals surface area contributed by atoms with Gasteiger partial charge < -0.3 is 19.7 Å². The summed E-state index contributed by atoms with van der Waals surface area (Å²) in [6.07, 6.45) is 9.11. The zero-order valence-corrected chi connectivity index (χ0v) is 21.9. The molecular formula is C29H40O6. The minimum atomic E-state index is -1.09. The molecule has 35 heavy (non-hydrogen) atoms. The molecule has 0 heterocycles. The number of ketones is 1. The lowest BCUT2D eigenvalue weighted by atomic mass is 9.97. The first kappa shape index (κ1) is 29.9. The molecule has 0 aromatic heterocycles. The lowest BCUT2D eigenvalue weighted by molar-refractivity contribution is -0.139. The summed E-state index contributed by atoms with van der Waals surface area (Å²) in [5.74, 6) is -0.165. The van der Waals surface area contributed by atoms with Gasteiger partial charge in [0.2, 0.25) is 0 Å². The number of ether oxygens (including phenoxy) is 2. The Morgan fingerprint density at radius 2 is 1.83 bits per heavy atom. The molecule has 0 amide bonds. The summed E-state index contributed by atoms with van der Waals surface area (Å²) in [6.45, 7) is 13.3. The summed E-state index contributed by atoms with van der Waals surface area (Å²) in [6, 6.07) is 4.66. The van der Waals surface area contributed by atoms with E-state index in [9.17, 15) is 19.8 Å². The van der Waals surface area contributed by atoms with Crippen LogP contribution >= 0.6 is 0 Å². The molecule has 1 unspecified atom stereocenters. The summed E-state index contributed by atoms with van der Waals surface area (Å²) >= 11 is 0. The van der Waals surface area contributed by atoms with Crippen molar-refractivity contribution in [2.45, 2.75) is 78.4 Å². The maximum absolute atomic E-state index is 12.0. The molecule has 1 aromatic carbocycles. The van der Waals surface area contributed by atoms with Crippen LogP contribution in [0.25, 0.3) is 0 Å². The fourth-order valence-electron chi connectivity index (χ4n) is 3.41. The molecule has 0 radical (unpaired) electrons. The van der Waals surface area contributed by atoms with E-state index in [0.29, 0.717) is 23.3 Å². The largest absolute Gasteiger partial charge is 0.508 e. The van der Waals surface area contributed by atoms with E-state index in [4.69, 9.17) is 9.47 Å². The van der Waals surface area contributed by atoms with Crippen LogP contribution in [-0.4, -0.2) is 40.8 Å². The molecule has 0 aliphatic rings. The van der Waals surface area contributed by atoms with Crippen LogP contribution in [0, 0.1) is 0 Å². The van der Waals surface area contributed by atoms with E-state index in [-0.39, 0.29) is 18.0 Å². The van der Waals surface area contributed by atoms with Crippen LogP contribution in [0.15, 0.2) is 65.8 Å². The van der Waals surface area contributed by atoms with Crippen molar-refractivity contribution in [2.24, 2.45) is 0 Å². The molecule has 192 valence electrons. The van der Waals surface area contributed by atoms with Crippen LogP contribution in [0.3, 0.4) is 0 Å². The summed E-state index contributed by atoms with van der Waals surface area (Å²) in [5.41, 5.74) is 2.58. The van der Waals surface area contributed by atoms with E-state index in [0.717, 1.165) is 24.8 Å². The van der Waals surface area contributed by atoms with Crippen LogP contribution in [0.1, 0.15) is 65.9 Å². The molecule has 0 aliphatic carbocycles. The van der Waals surface area contributed by atoms with Gasteiger partial charge in [-0.05, 0) is 96.2 Å². The second-order valence-corrected chi connectivity index (χ2v) is 9.27. The van der Waals surface area contributed by atoms with E-state index in [1.807, 2.05) is 26.8 Å². The number of aliphatic hydroxyl groups excluding tert-OH is 1. The average Bonchev–Trinajstić information content (AvgIpc) is 2.79. The number of methoxy groups -OCH3 is 1. The monoisotopic (exact) mass is 484 g/mol. The fourth-order valence-corrected chi connectivity index (χ4v) is 3.41. The molecule has 0 aliphatic heterocycles. The van der Waals surface area contributed by atoms with Gasteiger partial charge in [0.1, 0.15) is 23.2 Å². The lowest BCUT2D eigenvalue weighted by Crippen LogP contribution is -2.30. The van der Waals surface area contributed by atoms with E-state index in [1.54, 1.807) is 19.1 Å². The second-order valence-electron chi connectivity index (χ2n) is 9.27. The second kappa shape index (κ2) is 14.3. The van der Waals surface area contributed by atoms with Gasteiger partial charge in [-0.2, -0.15) is 0 Å². The number of carbonyl (C=O) groups excluding carboxylic acids is 2. The molecule has 0 saturated carbocycles. The van der Waals surface area contributed by atoms with E-state index in [1.165, 1.54) is 30.9 Å². The van der Waals surface area contributed by atoms with Crippen LogP contribution in [-0.2, 0) is 20.7 Å². The lowest BCUT2D eigenvalue weighted by Gasteiger charge is -2.28. The highest BCUT2D eigenvalue weighted by Gasteiger charge is 2.24. The number of allylic oxidation sites excluding steroid dienone is 4. The molecule has 6 nitrogen and oxygen atoms in total. The number of hydrogen-bond donors (Lipinski definition) is 2. The van der Waals surface area contributed by atoms with Gasteiger partial charge in [-0.25, -0.2) is 0 Å². The highest BCUT2D eigenvalue weighted by molar-refractivity contribution is 5.95. The van der Waals surface area contributed by atoms with Crippen LogP contribution in [0.2, 0.25) is 0 Å². The van der Waals surface area contributed by atoms with E-state index >= 15 is 0 Å². The predicted octanol–water partition coefficient (Wildman–Crippen LogP) is 5.78. The first-order valence-corrected chi connectivity index (χ1v) is 11.8. The average molecular weight is 485 g/mol. The Kier molecular flexibility index (Phi) is 12.2. The number of esters is 1. The Bertz CT molecular complexity index is 981. The third kappa shape index (κ3) is 10.8. The molecule has 2 atom stereocenters. The third-order valence-electron chi connectivity index (χ3n) is 5.65. The van der Waals surface area contributed by atoms with E-state index < -0.39 is 17.7 Å². The zero-order valence-electron chi connectivity index (χ0n) is 21.9. The highest BCUT2D eigenvalue weighted by Crippen LogP contribution is 2.30. The number of phenols is 1. The van der Waals surface area contributed by atoms with Gasteiger partial charge in [0, 0.05) is 5.56 Å². The van der Waals surface area contributed by atoms with Crippen molar-refractivity contribution in [1.82, 2.24) is 0 Å². The smallest absolute Gasteiger partial charge is 0.310 e. The van der Waals surface area contributed by atoms with Crippen molar-refractivity contribution < 1.29 is 29.3 Å². The summed E-state index contributed by atoms with van der Waals surface area (Å²) in [4.78, 5) is 23.7. The van der Waals surface area contributed by atoms with Gasteiger partial charge in [-0.15, -0.1) is 0 Å². The van der Waals surface area contributed by atoms with E-state index in [2.05, 4.69) is 19.6 Å². The number of benzene rings is 1. The Morgan fingerprint density at radius 3 is 2.43 bits per heavy atom. The number of phenolic OH excluding ortho intramolecular Hbond substituents is 1. The van der Waals surface area contributed by atoms with Crippen molar-refractivity contribution >= 4 is 11.8 Å². The van der Waals surface area contributed by atoms with Gasteiger partial charge >= 0.3 is 5.97 Å². The Morgan fingerprint density at radius 1 is 1.14 bits per heavy atom. The zero-order chi connectivity index (χ0) is 26.6. The van der Waals surface area contributed by atoms with Crippen molar-refractivity contribution in [2.75, 3.05) is 7.11 Å². The Labute approximate surface area is 209 Å². The van der Waals surface area contributed by atoms with Gasteiger partial charge in [-0.1, -0.05) is 29.9 Å². The molecule has 6 heteroatoms. The molecule has 1 rings (SSSR count). The maximum Gasteiger partial charge on any atom is 0.310 e. The van der Waals surface area contributed by atoms with Gasteiger partial charge in [0.15, 0.2) is 5.78 Å². The number of carbonyl (C=O) groups is 2. The molecule has 0 bridgehead atoms. The third-order valence-corrected chi connectivity index (χ3v) is 5.65. The minimum Gasteiger partial charge on any atom is -0.508 e. The molecular weight excluding hydrogens is 444 g/mol. The van der Waals surface area contributed by atoms with Crippen LogP contribution in [0.5, 0.6) is 11.5 Å².